The summed E-state index contributed by atoms with van der Waals surface area (Å²) in [6, 6.07) is 29.0. The number of rotatable bonds is 7. The van der Waals surface area contributed by atoms with Gasteiger partial charge in [0.05, 0.1) is 23.9 Å². The smallest absolute Gasteiger partial charge is 0.254 e. The monoisotopic (exact) mass is 533 g/mol. The van der Waals surface area contributed by atoms with Crippen molar-refractivity contribution in [1.82, 2.24) is 10.3 Å². The number of nitrogens with zero attached hydrogens (tertiary/aromatic N) is 2. The number of carbonyl (C=O) groups excluding carboxylic acids is 1. The molecule has 1 amide bonds. The van der Waals surface area contributed by atoms with Crippen LogP contribution in [0, 0.1) is 5.82 Å². The third-order valence-electron chi connectivity index (χ3n) is 7.28. The maximum atomic E-state index is 15.0. The summed E-state index contributed by atoms with van der Waals surface area (Å²) in [5.41, 5.74) is 5.16. The largest absolute Gasteiger partial charge is 0.421 e. The second kappa shape index (κ2) is 10.8. The third-order valence-corrected chi connectivity index (χ3v) is 7.28. The lowest BCUT2D eigenvalue weighted by atomic mass is 10.0. The Morgan fingerprint density at radius 3 is 2.42 bits per heavy atom. The maximum Gasteiger partial charge on any atom is 0.254 e. The van der Waals surface area contributed by atoms with Crippen molar-refractivity contribution in [3.63, 3.8) is 0 Å². The van der Waals surface area contributed by atoms with Crippen LogP contribution in [0.4, 0.5) is 10.3 Å². The number of carbonyl (C=O) groups is 1. The van der Waals surface area contributed by atoms with E-state index < -0.39 is 23.9 Å². The Kier molecular flexibility index (Phi) is 6.88. The number of amides is 1. The summed E-state index contributed by atoms with van der Waals surface area (Å²) in [4.78, 5) is 19.5. The van der Waals surface area contributed by atoms with E-state index in [0.29, 0.717) is 30.3 Å². The van der Waals surface area contributed by atoms with Crippen LogP contribution in [-0.4, -0.2) is 29.1 Å². The minimum absolute atomic E-state index is 0.0595. The zero-order valence-corrected chi connectivity index (χ0v) is 21.9. The summed E-state index contributed by atoms with van der Waals surface area (Å²) in [5.74, 6) is 0.000464. The Morgan fingerprint density at radius 2 is 1.70 bits per heavy atom. The summed E-state index contributed by atoms with van der Waals surface area (Å²) in [7, 11) is 1.92. The summed E-state index contributed by atoms with van der Waals surface area (Å²) >= 11 is 0. The first-order valence-electron chi connectivity index (χ1n) is 13.1. The van der Waals surface area contributed by atoms with Gasteiger partial charge in [-0.15, -0.1) is 0 Å². The molecule has 7 heteroatoms. The molecule has 40 heavy (non-hydrogen) atoms. The highest BCUT2D eigenvalue weighted by atomic mass is 19.1. The lowest BCUT2D eigenvalue weighted by Crippen LogP contribution is -2.34. The molecule has 6 rings (SSSR count). The van der Waals surface area contributed by atoms with Gasteiger partial charge in [0.2, 0.25) is 11.8 Å². The Labute approximate surface area is 231 Å². The lowest BCUT2D eigenvalue weighted by Gasteiger charge is -2.20. The minimum atomic E-state index is -0.804. The number of aliphatic hydroxyl groups is 1. The van der Waals surface area contributed by atoms with Crippen LogP contribution < -0.4 is 10.2 Å². The van der Waals surface area contributed by atoms with Gasteiger partial charge in [-0.25, -0.2) is 9.37 Å². The molecule has 2 N–H and O–H groups in total. The predicted octanol–water partition coefficient (Wildman–Crippen LogP) is 6.17. The van der Waals surface area contributed by atoms with Crippen molar-refractivity contribution in [3.8, 4) is 22.6 Å². The van der Waals surface area contributed by atoms with Crippen LogP contribution in [0.25, 0.3) is 22.6 Å². The molecule has 5 aromatic rings. The van der Waals surface area contributed by atoms with Crippen molar-refractivity contribution in [3.05, 3.63) is 131 Å². The van der Waals surface area contributed by atoms with Crippen molar-refractivity contribution in [2.75, 3.05) is 11.9 Å². The number of fused-ring (bicyclic) bond motifs is 1. The highest BCUT2D eigenvalue weighted by Gasteiger charge is 2.33. The van der Waals surface area contributed by atoms with Crippen molar-refractivity contribution in [1.29, 1.82) is 0 Å². The van der Waals surface area contributed by atoms with Crippen molar-refractivity contribution >= 4 is 11.8 Å². The van der Waals surface area contributed by atoms with Gasteiger partial charge in [0.1, 0.15) is 5.82 Å². The molecule has 6 nitrogen and oxygen atoms in total. The number of anilines is 1. The average Bonchev–Trinajstić information content (AvgIpc) is 3.59. The topological polar surface area (TPSA) is 78.6 Å². The number of aromatic nitrogens is 1. The number of nitrogens with one attached hydrogen (secondary N) is 1. The minimum Gasteiger partial charge on any atom is -0.421 e. The fourth-order valence-electron chi connectivity index (χ4n) is 5.18. The van der Waals surface area contributed by atoms with Crippen LogP contribution in [0.15, 0.2) is 108 Å². The van der Waals surface area contributed by atoms with E-state index in [4.69, 9.17) is 4.42 Å². The first-order valence-corrected chi connectivity index (χ1v) is 13.1. The molecule has 0 aliphatic heterocycles. The van der Waals surface area contributed by atoms with Crippen molar-refractivity contribution in [2.45, 2.75) is 25.1 Å². The molecule has 1 aliphatic rings. The molecule has 0 unspecified atom stereocenters. The maximum absolute atomic E-state index is 15.0. The quantitative estimate of drug-likeness (QED) is 0.262. The summed E-state index contributed by atoms with van der Waals surface area (Å²) in [5, 5.41) is 13.7. The molecular weight excluding hydrogens is 505 g/mol. The van der Waals surface area contributed by atoms with Crippen LogP contribution in [0.2, 0.25) is 0 Å². The Bertz CT molecular complexity index is 1650. The number of hydrogen-bond acceptors (Lipinski definition) is 5. The van der Waals surface area contributed by atoms with E-state index in [1.54, 1.807) is 12.3 Å². The van der Waals surface area contributed by atoms with E-state index in [1.807, 2.05) is 90.8 Å². The van der Waals surface area contributed by atoms with Crippen molar-refractivity contribution in [2.24, 2.45) is 0 Å². The summed E-state index contributed by atoms with van der Waals surface area (Å²) < 4.78 is 21.0. The van der Waals surface area contributed by atoms with Crippen LogP contribution >= 0.6 is 0 Å². The van der Waals surface area contributed by atoms with E-state index in [2.05, 4.69) is 10.3 Å². The van der Waals surface area contributed by atoms with Gasteiger partial charge in [0.25, 0.3) is 5.91 Å². The van der Waals surface area contributed by atoms with Crippen LogP contribution in [0.1, 0.15) is 33.1 Å². The van der Waals surface area contributed by atoms with Gasteiger partial charge >= 0.3 is 0 Å². The number of halogens is 1. The second-order valence-electron chi connectivity index (χ2n) is 10.0. The average molecular weight is 534 g/mol. The molecule has 0 radical (unpaired) electrons. The molecule has 0 bridgehead atoms. The molecule has 0 saturated carbocycles. The normalized spacial score (nSPS) is 16.0. The van der Waals surface area contributed by atoms with Gasteiger partial charge in [-0.05, 0) is 52.1 Å². The number of benzene rings is 4. The van der Waals surface area contributed by atoms with E-state index >= 15 is 0 Å². The first kappa shape index (κ1) is 25.5. The zero-order chi connectivity index (χ0) is 27.6. The SMILES string of the molecule is CN(Cc1ccc2c(c1)[C@@H](NC(=O)c1ccc(-c3ccccc3)cc1F)[C@H](O)C2)c1cnc(-c2ccccc2)o1. The summed E-state index contributed by atoms with van der Waals surface area (Å²) in [6.07, 6.45) is 1.30. The van der Waals surface area contributed by atoms with E-state index in [9.17, 15) is 14.3 Å². The fourth-order valence-corrected chi connectivity index (χ4v) is 5.18. The molecule has 2 atom stereocenters. The Balaban J connectivity index is 1.17. The van der Waals surface area contributed by atoms with Crippen LogP contribution in [-0.2, 0) is 13.0 Å². The highest BCUT2D eigenvalue weighted by molar-refractivity contribution is 5.95. The van der Waals surface area contributed by atoms with Crippen molar-refractivity contribution < 1.29 is 18.7 Å². The standard InChI is InChI=1S/C33H28FN3O3/c1-37(30-19-35-33(40-30)23-10-6-3-7-11-23)20-21-12-13-25-18-29(38)31(27(25)16-21)36-32(39)26-15-14-24(17-28(26)34)22-8-4-2-5-9-22/h2-17,19,29,31,38H,18,20H2,1H3,(H,36,39)/t29-,31-/m1/s1. The van der Waals surface area contributed by atoms with Gasteiger partial charge < -0.3 is 19.7 Å². The first-order chi connectivity index (χ1) is 19.5. The molecule has 0 fully saturated rings. The van der Waals surface area contributed by atoms with Gasteiger partial charge in [0.15, 0.2) is 0 Å². The molecule has 1 aromatic heterocycles. The molecule has 0 spiro atoms. The molecular formula is C33H28FN3O3. The number of oxazole rings is 1. The molecule has 1 heterocycles. The molecule has 0 saturated heterocycles. The van der Waals surface area contributed by atoms with Gasteiger partial charge in [-0.2, -0.15) is 0 Å². The molecule has 4 aromatic carbocycles. The predicted molar refractivity (Wildman–Crippen MR) is 152 cm³/mol. The number of hydrogen-bond donors (Lipinski definition) is 2. The second-order valence-corrected chi connectivity index (χ2v) is 10.0. The Morgan fingerprint density at radius 1 is 0.975 bits per heavy atom. The van der Waals surface area contributed by atoms with Crippen LogP contribution in [0.3, 0.4) is 0 Å². The molecule has 1 aliphatic carbocycles. The van der Waals surface area contributed by atoms with Gasteiger partial charge in [-0.1, -0.05) is 72.8 Å². The van der Waals surface area contributed by atoms with Gasteiger partial charge in [-0.3, -0.25) is 4.79 Å². The fraction of sp³-hybridized carbons (Fsp3) is 0.152. The number of aliphatic hydroxyl groups excluding tert-OH is 1. The van der Waals surface area contributed by atoms with Crippen LogP contribution in [0.5, 0.6) is 0 Å². The van der Waals surface area contributed by atoms with E-state index in [0.717, 1.165) is 27.8 Å². The summed E-state index contributed by atoms with van der Waals surface area (Å²) in [6.45, 7) is 0.531. The lowest BCUT2D eigenvalue weighted by molar-refractivity contribution is 0.0854. The Hall–Kier alpha value is -4.75. The van der Waals surface area contributed by atoms with Gasteiger partial charge in [0, 0.05) is 25.6 Å². The zero-order valence-electron chi connectivity index (χ0n) is 21.9. The third kappa shape index (κ3) is 5.11. The van der Waals surface area contributed by atoms with E-state index in [1.165, 1.54) is 12.1 Å². The van der Waals surface area contributed by atoms with E-state index in [-0.39, 0.29) is 5.56 Å². The molecule has 200 valence electrons. The highest BCUT2D eigenvalue weighted by Crippen LogP contribution is 2.34.